The van der Waals surface area contributed by atoms with Crippen LogP contribution in [0.1, 0.15) is 24.3 Å². The third-order valence-corrected chi connectivity index (χ3v) is 3.64. The number of rotatable bonds is 4. The SMILES string of the molecule is Cc1ccccc1-c1ncc(CNC(C)C)s1. The number of hydrogen-bond acceptors (Lipinski definition) is 3. The fourth-order valence-corrected chi connectivity index (χ4v) is 2.58. The molecule has 0 aliphatic rings. The molecule has 0 radical (unpaired) electrons. The molecule has 0 saturated carbocycles. The molecule has 0 spiro atoms. The Labute approximate surface area is 107 Å². The van der Waals surface area contributed by atoms with E-state index in [-0.39, 0.29) is 0 Å². The van der Waals surface area contributed by atoms with Crippen molar-refractivity contribution in [3.05, 3.63) is 40.9 Å². The first-order valence-corrected chi connectivity index (χ1v) is 6.72. The summed E-state index contributed by atoms with van der Waals surface area (Å²) < 4.78 is 0. The normalized spacial score (nSPS) is 11.1. The van der Waals surface area contributed by atoms with Crippen LogP contribution in [0, 0.1) is 6.92 Å². The van der Waals surface area contributed by atoms with Crippen LogP contribution in [0.4, 0.5) is 0 Å². The number of thiazole rings is 1. The molecule has 1 aromatic carbocycles. The first-order chi connectivity index (χ1) is 8.16. The van der Waals surface area contributed by atoms with Crippen LogP contribution >= 0.6 is 11.3 Å². The molecule has 2 nitrogen and oxygen atoms in total. The minimum atomic E-state index is 0.513. The van der Waals surface area contributed by atoms with Gasteiger partial charge in [0, 0.05) is 29.2 Å². The molecule has 0 aliphatic carbocycles. The van der Waals surface area contributed by atoms with Gasteiger partial charge < -0.3 is 5.32 Å². The molecule has 0 amide bonds. The van der Waals surface area contributed by atoms with E-state index >= 15 is 0 Å². The molecule has 0 aliphatic heterocycles. The van der Waals surface area contributed by atoms with Crippen molar-refractivity contribution in [3.8, 4) is 10.6 Å². The van der Waals surface area contributed by atoms with Gasteiger partial charge in [-0.2, -0.15) is 0 Å². The van der Waals surface area contributed by atoms with Gasteiger partial charge in [0.15, 0.2) is 0 Å². The predicted octanol–water partition coefficient (Wildman–Crippen LogP) is 3.62. The average Bonchev–Trinajstić information content (AvgIpc) is 2.75. The van der Waals surface area contributed by atoms with Crippen LogP contribution in [0.25, 0.3) is 10.6 Å². The summed E-state index contributed by atoms with van der Waals surface area (Å²) in [4.78, 5) is 5.79. The van der Waals surface area contributed by atoms with Crippen molar-refractivity contribution < 1.29 is 0 Å². The highest BCUT2D eigenvalue weighted by Crippen LogP contribution is 2.27. The molecule has 3 heteroatoms. The van der Waals surface area contributed by atoms with Gasteiger partial charge in [-0.25, -0.2) is 4.98 Å². The van der Waals surface area contributed by atoms with Crippen LogP contribution in [0.5, 0.6) is 0 Å². The molecule has 1 N–H and O–H groups in total. The lowest BCUT2D eigenvalue weighted by Gasteiger charge is -2.04. The molecular formula is C14H18N2S. The van der Waals surface area contributed by atoms with Crippen molar-refractivity contribution in [2.24, 2.45) is 0 Å². The van der Waals surface area contributed by atoms with Crippen LogP contribution in [0.2, 0.25) is 0 Å². The highest BCUT2D eigenvalue weighted by molar-refractivity contribution is 7.15. The minimum absolute atomic E-state index is 0.513. The number of aryl methyl sites for hydroxylation is 1. The van der Waals surface area contributed by atoms with Crippen LogP contribution in [-0.4, -0.2) is 11.0 Å². The summed E-state index contributed by atoms with van der Waals surface area (Å²) in [7, 11) is 0. The lowest BCUT2D eigenvalue weighted by Crippen LogP contribution is -2.21. The van der Waals surface area contributed by atoms with E-state index in [1.807, 2.05) is 6.20 Å². The summed E-state index contributed by atoms with van der Waals surface area (Å²) in [5, 5.41) is 4.53. The number of nitrogens with zero attached hydrogens (tertiary/aromatic N) is 1. The Bertz CT molecular complexity index is 488. The Morgan fingerprint density at radius 2 is 2.06 bits per heavy atom. The Kier molecular flexibility index (Phi) is 3.92. The second kappa shape index (κ2) is 5.43. The standard InChI is InChI=1S/C14H18N2S/c1-10(2)15-8-12-9-16-14(17-12)13-7-5-4-6-11(13)3/h4-7,9-10,15H,8H2,1-3H3. The van der Waals surface area contributed by atoms with Gasteiger partial charge in [-0.05, 0) is 12.5 Å². The van der Waals surface area contributed by atoms with Crippen LogP contribution in [0.3, 0.4) is 0 Å². The van der Waals surface area contributed by atoms with Crippen molar-refractivity contribution in [2.75, 3.05) is 0 Å². The van der Waals surface area contributed by atoms with E-state index in [1.54, 1.807) is 11.3 Å². The monoisotopic (exact) mass is 246 g/mol. The fourth-order valence-electron chi connectivity index (χ4n) is 1.63. The average molecular weight is 246 g/mol. The van der Waals surface area contributed by atoms with Crippen molar-refractivity contribution in [3.63, 3.8) is 0 Å². The van der Waals surface area contributed by atoms with E-state index in [1.165, 1.54) is 16.0 Å². The zero-order valence-electron chi connectivity index (χ0n) is 10.5. The first-order valence-electron chi connectivity index (χ1n) is 5.91. The number of nitrogens with one attached hydrogen (secondary N) is 1. The molecule has 2 aromatic rings. The van der Waals surface area contributed by atoms with E-state index in [0.717, 1.165) is 11.6 Å². The molecule has 0 atom stereocenters. The van der Waals surface area contributed by atoms with Crippen molar-refractivity contribution in [1.29, 1.82) is 0 Å². The maximum atomic E-state index is 4.50. The maximum Gasteiger partial charge on any atom is 0.123 e. The van der Waals surface area contributed by atoms with E-state index in [4.69, 9.17) is 0 Å². The van der Waals surface area contributed by atoms with Gasteiger partial charge in [-0.1, -0.05) is 38.1 Å². The van der Waals surface area contributed by atoms with Gasteiger partial charge in [-0.3, -0.25) is 0 Å². The van der Waals surface area contributed by atoms with Crippen molar-refractivity contribution in [1.82, 2.24) is 10.3 Å². The summed E-state index contributed by atoms with van der Waals surface area (Å²) in [6, 6.07) is 8.90. The number of hydrogen-bond donors (Lipinski definition) is 1. The van der Waals surface area contributed by atoms with E-state index in [9.17, 15) is 0 Å². The molecular weight excluding hydrogens is 228 g/mol. The van der Waals surface area contributed by atoms with E-state index in [2.05, 4.69) is 55.3 Å². The van der Waals surface area contributed by atoms with E-state index < -0.39 is 0 Å². The first kappa shape index (κ1) is 12.3. The second-order valence-electron chi connectivity index (χ2n) is 4.48. The third kappa shape index (κ3) is 3.14. The molecule has 0 saturated heterocycles. The van der Waals surface area contributed by atoms with Gasteiger partial charge >= 0.3 is 0 Å². The highest BCUT2D eigenvalue weighted by Gasteiger charge is 2.06. The second-order valence-corrected chi connectivity index (χ2v) is 5.60. The number of aromatic nitrogens is 1. The quantitative estimate of drug-likeness (QED) is 0.891. The Balaban J connectivity index is 2.16. The van der Waals surface area contributed by atoms with Crippen molar-refractivity contribution in [2.45, 2.75) is 33.4 Å². The summed E-state index contributed by atoms with van der Waals surface area (Å²) in [5.74, 6) is 0. The molecule has 90 valence electrons. The van der Waals surface area contributed by atoms with Gasteiger partial charge in [-0.15, -0.1) is 11.3 Å². The Morgan fingerprint density at radius 1 is 1.29 bits per heavy atom. The third-order valence-electron chi connectivity index (χ3n) is 2.61. The predicted molar refractivity (Wildman–Crippen MR) is 74.3 cm³/mol. The van der Waals surface area contributed by atoms with E-state index in [0.29, 0.717) is 6.04 Å². The van der Waals surface area contributed by atoms with Crippen LogP contribution in [-0.2, 0) is 6.54 Å². The van der Waals surface area contributed by atoms with Crippen molar-refractivity contribution >= 4 is 11.3 Å². The fraction of sp³-hybridized carbons (Fsp3) is 0.357. The van der Waals surface area contributed by atoms with Gasteiger partial charge in [0.05, 0.1) is 0 Å². The maximum absolute atomic E-state index is 4.50. The molecule has 2 rings (SSSR count). The smallest absolute Gasteiger partial charge is 0.123 e. The molecule has 1 heterocycles. The summed E-state index contributed by atoms with van der Waals surface area (Å²) in [6.45, 7) is 7.34. The molecule has 1 aromatic heterocycles. The molecule has 0 unspecified atom stereocenters. The zero-order valence-corrected chi connectivity index (χ0v) is 11.3. The van der Waals surface area contributed by atoms with Gasteiger partial charge in [0.1, 0.15) is 5.01 Å². The topological polar surface area (TPSA) is 24.9 Å². The Hall–Kier alpha value is -1.19. The lowest BCUT2D eigenvalue weighted by molar-refractivity contribution is 0.593. The minimum Gasteiger partial charge on any atom is -0.310 e. The van der Waals surface area contributed by atoms with Gasteiger partial charge in [0.25, 0.3) is 0 Å². The molecule has 0 fully saturated rings. The summed E-state index contributed by atoms with van der Waals surface area (Å²) in [6.07, 6.45) is 1.97. The van der Waals surface area contributed by atoms with Crippen LogP contribution < -0.4 is 5.32 Å². The lowest BCUT2D eigenvalue weighted by atomic mass is 10.1. The summed E-state index contributed by atoms with van der Waals surface area (Å²) >= 11 is 1.77. The zero-order chi connectivity index (χ0) is 12.3. The van der Waals surface area contributed by atoms with Gasteiger partial charge in [0.2, 0.25) is 0 Å². The van der Waals surface area contributed by atoms with Crippen LogP contribution in [0.15, 0.2) is 30.5 Å². The Morgan fingerprint density at radius 3 is 2.76 bits per heavy atom. The largest absolute Gasteiger partial charge is 0.310 e. The number of benzene rings is 1. The molecule has 17 heavy (non-hydrogen) atoms. The highest BCUT2D eigenvalue weighted by atomic mass is 32.1. The summed E-state index contributed by atoms with van der Waals surface area (Å²) in [5.41, 5.74) is 2.53. The molecule has 0 bridgehead atoms.